The Morgan fingerprint density at radius 1 is 1.00 bits per heavy atom. The molecule has 0 saturated carbocycles. The van der Waals surface area contributed by atoms with Gasteiger partial charge in [-0.15, -0.1) is 0 Å². The number of hydrogen-bond acceptors (Lipinski definition) is 2. The SMILES string of the molecule is O=C(Cc1ccccc1)Nc1ccc(N2CCCCC2=O)cc1. The van der Waals surface area contributed by atoms with Gasteiger partial charge in [0.15, 0.2) is 0 Å². The van der Waals surface area contributed by atoms with E-state index in [0.717, 1.165) is 36.3 Å². The predicted molar refractivity (Wildman–Crippen MR) is 91.4 cm³/mol. The van der Waals surface area contributed by atoms with Crippen molar-refractivity contribution in [1.29, 1.82) is 0 Å². The minimum Gasteiger partial charge on any atom is -0.326 e. The van der Waals surface area contributed by atoms with Crippen LogP contribution in [0, 0.1) is 0 Å². The lowest BCUT2D eigenvalue weighted by Gasteiger charge is -2.26. The van der Waals surface area contributed by atoms with Crippen molar-refractivity contribution >= 4 is 23.2 Å². The second-order valence-corrected chi connectivity index (χ2v) is 5.76. The lowest BCUT2D eigenvalue weighted by atomic mass is 10.1. The van der Waals surface area contributed by atoms with Gasteiger partial charge in [-0.1, -0.05) is 30.3 Å². The monoisotopic (exact) mass is 308 g/mol. The Labute approximate surface area is 136 Å². The van der Waals surface area contributed by atoms with Gasteiger partial charge in [-0.25, -0.2) is 0 Å². The minimum atomic E-state index is -0.0435. The molecule has 2 aromatic rings. The van der Waals surface area contributed by atoms with Crippen molar-refractivity contribution in [2.45, 2.75) is 25.7 Å². The molecule has 0 atom stereocenters. The Hall–Kier alpha value is -2.62. The molecule has 3 rings (SSSR count). The smallest absolute Gasteiger partial charge is 0.228 e. The largest absolute Gasteiger partial charge is 0.326 e. The third-order valence-corrected chi connectivity index (χ3v) is 3.99. The molecule has 0 unspecified atom stereocenters. The minimum absolute atomic E-state index is 0.0435. The maximum Gasteiger partial charge on any atom is 0.228 e. The standard InChI is InChI=1S/C19H20N2O2/c22-18(14-15-6-2-1-3-7-15)20-16-9-11-17(12-10-16)21-13-5-4-8-19(21)23/h1-3,6-7,9-12H,4-5,8,13-14H2,(H,20,22). The van der Waals surface area contributed by atoms with Gasteiger partial charge < -0.3 is 10.2 Å². The number of anilines is 2. The maximum atomic E-state index is 12.0. The summed E-state index contributed by atoms with van der Waals surface area (Å²) < 4.78 is 0. The Morgan fingerprint density at radius 3 is 2.43 bits per heavy atom. The van der Waals surface area contributed by atoms with Crippen molar-refractivity contribution < 1.29 is 9.59 Å². The van der Waals surface area contributed by atoms with Crippen molar-refractivity contribution in [3.05, 3.63) is 60.2 Å². The van der Waals surface area contributed by atoms with Crippen LogP contribution in [0.3, 0.4) is 0 Å². The molecule has 1 N–H and O–H groups in total. The lowest BCUT2D eigenvalue weighted by molar-refractivity contribution is -0.119. The molecular weight excluding hydrogens is 288 g/mol. The summed E-state index contributed by atoms with van der Waals surface area (Å²) in [6.45, 7) is 0.776. The first kappa shape index (κ1) is 15.3. The van der Waals surface area contributed by atoms with E-state index >= 15 is 0 Å². The molecular formula is C19H20N2O2. The number of rotatable bonds is 4. The average molecular weight is 308 g/mol. The number of piperidine rings is 1. The molecule has 2 aromatic carbocycles. The van der Waals surface area contributed by atoms with Crippen LogP contribution in [0.4, 0.5) is 11.4 Å². The quantitative estimate of drug-likeness (QED) is 0.941. The predicted octanol–water partition coefficient (Wildman–Crippen LogP) is 3.38. The molecule has 0 radical (unpaired) electrons. The zero-order chi connectivity index (χ0) is 16.1. The summed E-state index contributed by atoms with van der Waals surface area (Å²) in [7, 11) is 0. The number of hydrogen-bond donors (Lipinski definition) is 1. The highest BCUT2D eigenvalue weighted by molar-refractivity contribution is 5.95. The van der Waals surface area contributed by atoms with Gasteiger partial charge in [0, 0.05) is 24.3 Å². The number of benzene rings is 2. The second kappa shape index (κ2) is 7.09. The summed E-state index contributed by atoms with van der Waals surface area (Å²) in [5.41, 5.74) is 2.63. The lowest BCUT2D eigenvalue weighted by Crippen LogP contribution is -2.35. The molecule has 118 valence electrons. The summed E-state index contributed by atoms with van der Waals surface area (Å²) in [6, 6.07) is 17.1. The van der Waals surface area contributed by atoms with E-state index in [1.807, 2.05) is 59.5 Å². The number of carbonyl (C=O) groups excluding carboxylic acids is 2. The molecule has 1 saturated heterocycles. The fourth-order valence-electron chi connectivity index (χ4n) is 2.79. The molecule has 1 aliphatic heterocycles. The van der Waals surface area contributed by atoms with Crippen LogP contribution in [-0.2, 0) is 16.0 Å². The van der Waals surface area contributed by atoms with Gasteiger partial charge in [-0.3, -0.25) is 9.59 Å². The topological polar surface area (TPSA) is 49.4 Å². The van der Waals surface area contributed by atoms with E-state index in [1.165, 1.54) is 0 Å². The van der Waals surface area contributed by atoms with Crippen LogP contribution in [0.25, 0.3) is 0 Å². The van der Waals surface area contributed by atoms with Crippen molar-refractivity contribution in [3.63, 3.8) is 0 Å². The summed E-state index contributed by atoms with van der Waals surface area (Å²) in [6.07, 6.45) is 2.99. The van der Waals surface area contributed by atoms with Gasteiger partial charge in [-0.2, -0.15) is 0 Å². The van der Waals surface area contributed by atoms with E-state index in [1.54, 1.807) is 0 Å². The maximum absolute atomic E-state index is 12.0. The molecule has 1 heterocycles. The Kier molecular flexibility index (Phi) is 4.71. The number of amides is 2. The third-order valence-electron chi connectivity index (χ3n) is 3.99. The highest BCUT2D eigenvalue weighted by Crippen LogP contribution is 2.22. The molecule has 1 fully saturated rings. The fourth-order valence-corrected chi connectivity index (χ4v) is 2.79. The van der Waals surface area contributed by atoms with Crippen LogP contribution in [-0.4, -0.2) is 18.4 Å². The van der Waals surface area contributed by atoms with E-state index in [9.17, 15) is 9.59 Å². The molecule has 0 bridgehead atoms. The molecule has 0 aromatic heterocycles. The molecule has 0 aliphatic carbocycles. The average Bonchev–Trinajstić information content (AvgIpc) is 2.57. The van der Waals surface area contributed by atoms with E-state index < -0.39 is 0 Å². The van der Waals surface area contributed by atoms with E-state index in [4.69, 9.17) is 0 Å². The number of carbonyl (C=O) groups is 2. The highest BCUT2D eigenvalue weighted by Gasteiger charge is 2.19. The zero-order valence-electron chi connectivity index (χ0n) is 13.0. The molecule has 1 aliphatic rings. The summed E-state index contributed by atoms with van der Waals surface area (Å²) in [4.78, 5) is 25.8. The van der Waals surface area contributed by atoms with Crippen LogP contribution in [0.2, 0.25) is 0 Å². The van der Waals surface area contributed by atoms with E-state index in [2.05, 4.69) is 5.32 Å². The van der Waals surface area contributed by atoms with Gasteiger partial charge in [0.25, 0.3) is 0 Å². The molecule has 0 spiro atoms. The molecule has 23 heavy (non-hydrogen) atoms. The van der Waals surface area contributed by atoms with E-state index in [-0.39, 0.29) is 11.8 Å². The van der Waals surface area contributed by atoms with Gasteiger partial charge in [0.05, 0.1) is 6.42 Å². The van der Waals surface area contributed by atoms with Crippen molar-refractivity contribution in [2.75, 3.05) is 16.8 Å². The Balaban J connectivity index is 1.61. The van der Waals surface area contributed by atoms with Gasteiger partial charge in [0.1, 0.15) is 0 Å². The van der Waals surface area contributed by atoms with Gasteiger partial charge in [-0.05, 0) is 42.7 Å². The summed E-state index contributed by atoms with van der Waals surface area (Å²) >= 11 is 0. The summed E-state index contributed by atoms with van der Waals surface area (Å²) in [5.74, 6) is 0.134. The Bertz CT molecular complexity index is 680. The first-order valence-corrected chi connectivity index (χ1v) is 7.96. The first-order valence-electron chi connectivity index (χ1n) is 7.96. The number of nitrogens with zero attached hydrogens (tertiary/aromatic N) is 1. The van der Waals surface area contributed by atoms with Gasteiger partial charge >= 0.3 is 0 Å². The third kappa shape index (κ3) is 3.97. The van der Waals surface area contributed by atoms with Gasteiger partial charge in [0.2, 0.25) is 11.8 Å². The zero-order valence-corrected chi connectivity index (χ0v) is 13.0. The van der Waals surface area contributed by atoms with Crippen molar-refractivity contribution in [2.24, 2.45) is 0 Å². The van der Waals surface area contributed by atoms with Crippen molar-refractivity contribution in [3.8, 4) is 0 Å². The van der Waals surface area contributed by atoms with Crippen LogP contribution >= 0.6 is 0 Å². The highest BCUT2D eigenvalue weighted by atomic mass is 16.2. The number of nitrogens with one attached hydrogen (secondary N) is 1. The van der Waals surface area contributed by atoms with Crippen LogP contribution < -0.4 is 10.2 Å². The first-order chi connectivity index (χ1) is 11.2. The van der Waals surface area contributed by atoms with E-state index in [0.29, 0.717) is 12.8 Å². The van der Waals surface area contributed by atoms with Crippen molar-refractivity contribution in [1.82, 2.24) is 0 Å². The molecule has 2 amide bonds. The van der Waals surface area contributed by atoms with Crippen LogP contribution in [0.1, 0.15) is 24.8 Å². The normalized spacial score (nSPS) is 14.6. The van der Waals surface area contributed by atoms with Crippen LogP contribution in [0.5, 0.6) is 0 Å². The van der Waals surface area contributed by atoms with Crippen LogP contribution in [0.15, 0.2) is 54.6 Å². The summed E-state index contributed by atoms with van der Waals surface area (Å²) in [5, 5.41) is 2.89. The molecule has 4 nitrogen and oxygen atoms in total. The Morgan fingerprint density at radius 2 is 1.74 bits per heavy atom. The molecule has 4 heteroatoms. The second-order valence-electron chi connectivity index (χ2n) is 5.76. The fraction of sp³-hybridized carbons (Fsp3) is 0.263.